The summed E-state index contributed by atoms with van der Waals surface area (Å²) in [5, 5.41) is 11.8. The summed E-state index contributed by atoms with van der Waals surface area (Å²) in [5.41, 5.74) is 2.20. The fourth-order valence-corrected chi connectivity index (χ4v) is 3.36. The Morgan fingerprint density at radius 3 is 2.55 bits per heavy atom. The monoisotopic (exact) mass is 564 g/mol. The van der Waals surface area contributed by atoms with Gasteiger partial charge in [0.05, 0.1) is 20.2 Å². The minimum absolute atomic E-state index is 0. The molecule has 4 rings (SSSR count). The zero-order valence-electron chi connectivity index (χ0n) is 19.2. The third kappa shape index (κ3) is 6.06. The Labute approximate surface area is 210 Å². The number of hydrogen-bond acceptors (Lipinski definition) is 6. The molecule has 1 aromatic heterocycles. The molecule has 0 amide bonds. The number of guanidine groups is 1. The summed E-state index contributed by atoms with van der Waals surface area (Å²) in [7, 11) is 5.62. The number of aryl methyl sites for hydroxylation is 1. The topological polar surface area (TPSA) is 86.0 Å². The van der Waals surface area contributed by atoms with Gasteiger partial charge in [-0.05, 0) is 42.3 Å². The molecule has 2 aromatic carbocycles. The summed E-state index contributed by atoms with van der Waals surface area (Å²) in [4.78, 5) is 6.92. The van der Waals surface area contributed by atoms with E-state index in [-0.39, 0.29) is 30.8 Å². The van der Waals surface area contributed by atoms with Gasteiger partial charge in [-0.15, -0.1) is 34.2 Å². The maximum Gasteiger partial charge on any atom is 0.231 e. The van der Waals surface area contributed by atoms with E-state index in [9.17, 15) is 0 Å². The largest absolute Gasteiger partial charge is 0.497 e. The number of benzene rings is 2. The lowest BCUT2D eigenvalue weighted by atomic mass is 10.2. The van der Waals surface area contributed by atoms with E-state index in [1.807, 2.05) is 68.1 Å². The van der Waals surface area contributed by atoms with Crippen LogP contribution < -0.4 is 19.5 Å². The van der Waals surface area contributed by atoms with E-state index < -0.39 is 0 Å². The quantitative estimate of drug-likeness (QED) is 0.268. The number of ether oxygens (including phenoxy) is 3. The van der Waals surface area contributed by atoms with E-state index in [2.05, 4.69) is 20.4 Å². The maximum atomic E-state index is 5.51. The number of hydrogen-bond donors (Lipinski definition) is 1. The molecule has 0 radical (unpaired) electrons. The van der Waals surface area contributed by atoms with Gasteiger partial charge < -0.3 is 29.0 Å². The van der Waals surface area contributed by atoms with Crippen molar-refractivity contribution in [3.63, 3.8) is 0 Å². The van der Waals surface area contributed by atoms with Gasteiger partial charge in [0.1, 0.15) is 11.6 Å². The molecule has 9 nitrogen and oxygen atoms in total. The number of rotatable bonds is 7. The molecule has 0 bridgehead atoms. The molecule has 0 atom stereocenters. The molecule has 0 unspecified atom stereocenters. The van der Waals surface area contributed by atoms with Crippen molar-refractivity contribution in [3.8, 4) is 17.2 Å². The van der Waals surface area contributed by atoms with Crippen molar-refractivity contribution >= 4 is 29.9 Å². The number of aromatic nitrogens is 3. The van der Waals surface area contributed by atoms with Crippen molar-refractivity contribution in [1.82, 2.24) is 25.0 Å². The second-order valence-electron chi connectivity index (χ2n) is 7.61. The van der Waals surface area contributed by atoms with Crippen LogP contribution in [0.1, 0.15) is 22.8 Å². The third-order valence-electron chi connectivity index (χ3n) is 5.38. The lowest BCUT2D eigenvalue weighted by Gasteiger charge is -2.23. The van der Waals surface area contributed by atoms with Crippen molar-refractivity contribution in [2.24, 2.45) is 12.0 Å². The standard InChI is InChI=1S/C23H28N6O3.HI/c1-16-26-27-22(29(16)3)13-25-23(24-12-17-5-8-19(30-4)9-6-17)28(2)14-18-7-10-20-21(11-18)32-15-31-20;/h5-11H,12-15H2,1-4H3,(H,24,25);1H. The molecular formula is C23H29IN6O3. The van der Waals surface area contributed by atoms with E-state index >= 15 is 0 Å². The van der Waals surface area contributed by atoms with Gasteiger partial charge >= 0.3 is 0 Å². The average Bonchev–Trinajstić information content (AvgIpc) is 3.40. The molecule has 1 aliphatic heterocycles. The number of fused-ring (bicyclic) bond motifs is 1. The Morgan fingerprint density at radius 2 is 1.85 bits per heavy atom. The van der Waals surface area contributed by atoms with Crippen LogP contribution in [0.25, 0.3) is 0 Å². The van der Waals surface area contributed by atoms with Gasteiger partial charge in [0.15, 0.2) is 23.3 Å². The highest BCUT2D eigenvalue weighted by molar-refractivity contribution is 14.0. The van der Waals surface area contributed by atoms with Crippen molar-refractivity contribution in [2.75, 3.05) is 21.0 Å². The normalized spacial score (nSPS) is 12.3. The summed E-state index contributed by atoms with van der Waals surface area (Å²) in [6, 6.07) is 13.9. The minimum Gasteiger partial charge on any atom is -0.497 e. The predicted octanol–water partition coefficient (Wildman–Crippen LogP) is 3.26. The highest BCUT2D eigenvalue weighted by Crippen LogP contribution is 2.32. The van der Waals surface area contributed by atoms with Crippen molar-refractivity contribution < 1.29 is 14.2 Å². The Balaban J connectivity index is 0.00000306. The number of aliphatic imine (C=N–C) groups is 1. The van der Waals surface area contributed by atoms with Crippen molar-refractivity contribution in [2.45, 2.75) is 26.6 Å². The molecule has 0 aliphatic carbocycles. The van der Waals surface area contributed by atoms with Crippen LogP contribution in [0.2, 0.25) is 0 Å². The van der Waals surface area contributed by atoms with Gasteiger partial charge in [0, 0.05) is 20.6 Å². The van der Waals surface area contributed by atoms with Gasteiger partial charge in [0.25, 0.3) is 0 Å². The number of nitrogens with zero attached hydrogens (tertiary/aromatic N) is 5. The van der Waals surface area contributed by atoms with Gasteiger partial charge in [0.2, 0.25) is 6.79 Å². The average molecular weight is 564 g/mol. The molecular weight excluding hydrogens is 535 g/mol. The third-order valence-corrected chi connectivity index (χ3v) is 5.38. The van der Waals surface area contributed by atoms with Gasteiger partial charge in [-0.2, -0.15) is 0 Å². The van der Waals surface area contributed by atoms with E-state index in [0.717, 1.165) is 46.0 Å². The molecule has 2 heterocycles. The lowest BCUT2D eigenvalue weighted by molar-refractivity contribution is 0.174. The van der Waals surface area contributed by atoms with Crippen LogP contribution in [0.3, 0.4) is 0 Å². The fourth-order valence-electron chi connectivity index (χ4n) is 3.36. The first-order valence-corrected chi connectivity index (χ1v) is 10.4. The van der Waals surface area contributed by atoms with Crippen LogP contribution in [0.5, 0.6) is 17.2 Å². The number of methoxy groups -OCH3 is 1. The first-order valence-electron chi connectivity index (χ1n) is 10.4. The SMILES string of the molecule is COc1ccc(CN=C(NCc2nnc(C)n2C)N(C)Cc2ccc3c(c2)OCO3)cc1.I. The second kappa shape index (κ2) is 11.2. The van der Waals surface area contributed by atoms with Crippen LogP contribution in [0, 0.1) is 6.92 Å². The molecule has 0 fully saturated rings. The van der Waals surface area contributed by atoms with Gasteiger partial charge in [-0.3, -0.25) is 0 Å². The summed E-state index contributed by atoms with van der Waals surface area (Å²) in [6.45, 7) is 3.91. The summed E-state index contributed by atoms with van der Waals surface area (Å²) in [6.07, 6.45) is 0. The Bertz CT molecular complexity index is 1100. The Kier molecular flexibility index (Phi) is 8.37. The van der Waals surface area contributed by atoms with Crippen molar-refractivity contribution in [3.05, 3.63) is 65.2 Å². The molecule has 3 aromatic rings. The first kappa shape index (κ1) is 24.6. The molecule has 33 heavy (non-hydrogen) atoms. The van der Waals surface area contributed by atoms with Crippen LogP contribution >= 0.6 is 24.0 Å². The van der Waals surface area contributed by atoms with Crippen LogP contribution in [0.15, 0.2) is 47.5 Å². The Hall–Kier alpha value is -3.02. The summed E-state index contributed by atoms with van der Waals surface area (Å²) >= 11 is 0. The van der Waals surface area contributed by atoms with Crippen LogP contribution in [-0.4, -0.2) is 46.6 Å². The zero-order chi connectivity index (χ0) is 22.5. The molecule has 176 valence electrons. The Morgan fingerprint density at radius 1 is 1.12 bits per heavy atom. The maximum absolute atomic E-state index is 5.51. The number of halogens is 1. The first-order chi connectivity index (χ1) is 15.5. The van der Waals surface area contributed by atoms with E-state index in [1.54, 1.807) is 7.11 Å². The number of nitrogens with one attached hydrogen (secondary N) is 1. The highest BCUT2D eigenvalue weighted by Gasteiger charge is 2.15. The molecule has 0 saturated heterocycles. The molecule has 1 N–H and O–H groups in total. The smallest absolute Gasteiger partial charge is 0.231 e. The fraction of sp³-hybridized carbons (Fsp3) is 0.348. The lowest BCUT2D eigenvalue weighted by Crippen LogP contribution is -2.38. The van der Waals surface area contributed by atoms with Crippen molar-refractivity contribution in [1.29, 1.82) is 0 Å². The molecule has 1 aliphatic rings. The highest BCUT2D eigenvalue weighted by atomic mass is 127. The molecule has 0 saturated carbocycles. The second-order valence-corrected chi connectivity index (χ2v) is 7.61. The predicted molar refractivity (Wildman–Crippen MR) is 136 cm³/mol. The van der Waals surface area contributed by atoms with E-state index in [1.165, 1.54) is 0 Å². The summed E-state index contributed by atoms with van der Waals surface area (Å²) in [5.74, 6) is 4.85. The van der Waals surface area contributed by atoms with Crippen LogP contribution in [-0.2, 0) is 26.7 Å². The minimum atomic E-state index is 0. The summed E-state index contributed by atoms with van der Waals surface area (Å²) < 4.78 is 18.1. The van der Waals surface area contributed by atoms with Gasteiger partial charge in [-0.25, -0.2) is 4.99 Å². The van der Waals surface area contributed by atoms with E-state index in [4.69, 9.17) is 19.2 Å². The molecule has 10 heteroatoms. The molecule has 0 spiro atoms. The zero-order valence-corrected chi connectivity index (χ0v) is 21.6. The van der Waals surface area contributed by atoms with E-state index in [0.29, 0.717) is 19.6 Å². The van der Waals surface area contributed by atoms with Crippen LogP contribution in [0.4, 0.5) is 0 Å². The van der Waals surface area contributed by atoms with Gasteiger partial charge in [-0.1, -0.05) is 18.2 Å².